The molecule has 2 aromatic heterocycles. The smallest absolute Gasteiger partial charge is 0.338 e. The Morgan fingerprint density at radius 1 is 1.24 bits per heavy atom. The summed E-state index contributed by atoms with van der Waals surface area (Å²) in [5, 5.41) is 0. The molecular formula is C22H19N3O3S. The van der Waals surface area contributed by atoms with E-state index in [4.69, 9.17) is 4.74 Å². The monoisotopic (exact) mass is 405 g/mol. The van der Waals surface area contributed by atoms with Crippen molar-refractivity contribution in [2.75, 3.05) is 6.61 Å². The van der Waals surface area contributed by atoms with Gasteiger partial charge in [0.1, 0.15) is 0 Å². The number of hydrogen-bond acceptors (Lipinski definition) is 6. The lowest BCUT2D eigenvalue weighted by Crippen LogP contribution is -2.39. The summed E-state index contributed by atoms with van der Waals surface area (Å²) < 4.78 is 7.40. The molecule has 0 bridgehead atoms. The Morgan fingerprint density at radius 2 is 2.03 bits per heavy atom. The minimum atomic E-state index is -0.581. The molecule has 6 nitrogen and oxygen atoms in total. The summed E-state index contributed by atoms with van der Waals surface area (Å²) in [7, 11) is 0. The number of nitrogens with zero attached hydrogens (tertiary/aromatic N) is 3. The second-order valence-electron chi connectivity index (χ2n) is 6.50. The average molecular weight is 405 g/mol. The number of rotatable bonds is 4. The zero-order valence-electron chi connectivity index (χ0n) is 16.0. The van der Waals surface area contributed by atoms with Gasteiger partial charge in [-0.25, -0.2) is 9.79 Å². The number of ether oxygens (including phenoxy) is 1. The zero-order valence-corrected chi connectivity index (χ0v) is 16.8. The lowest BCUT2D eigenvalue weighted by atomic mass is 9.96. The predicted octanol–water partition coefficient (Wildman–Crippen LogP) is 2.19. The van der Waals surface area contributed by atoms with Gasteiger partial charge in [-0.15, -0.1) is 0 Å². The first kappa shape index (κ1) is 19.0. The number of carbonyl (C=O) groups is 1. The highest BCUT2D eigenvalue weighted by molar-refractivity contribution is 7.07. The number of fused-ring (bicyclic) bond motifs is 1. The standard InChI is InChI=1S/C22H19N3O3S/c1-3-28-21(27)18-14(2)24-22-25(19(18)16-9-5-4-6-10-16)20(26)17(29-22)12-15-8-7-11-23-13-15/h4-13,19H,3H2,1-2H3/b17-12-/t19-/m0/s1. The Bertz CT molecular complexity index is 1260. The molecule has 0 spiro atoms. The molecule has 4 rings (SSSR count). The highest BCUT2D eigenvalue weighted by Gasteiger charge is 2.33. The summed E-state index contributed by atoms with van der Waals surface area (Å²) in [4.78, 5) is 35.3. The Morgan fingerprint density at radius 3 is 2.72 bits per heavy atom. The van der Waals surface area contributed by atoms with Crippen LogP contribution in [0.2, 0.25) is 0 Å². The fraction of sp³-hybridized carbons (Fsp3) is 0.182. The van der Waals surface area contributed by atoms with Gasteiger partial charge in [-0.1, -0.05) is 47.7 Å². The lowest BCUT2D eigenvalue weighted by Gasteiger charge is -2.24. The molecule has 0 aliphatic carbocycles. The molecule has 0 fully saturated rings. The summed E-state index contributed by atoms with van der Waals surface area (Å²) in [5.41, 5.74) is 2.42. The molecule has 0 unspecified atom stereocenters. The second kappa shape index (κ2) is 7.97. The van der Waals surface area contributed by atoms with Gasteiger partial charge in [-0.05, 0) is 37.1 Å². The van der Waals surface area contributed by atoms with Crippen LogP contribution < -0.4 is 14.9 Å². The number of benzene rings is 1. The number of thiazole rings is 1. The normalized spacial score (nSPS) is 16.3. The minimum absolute atomic E-state index is 0.194. The van der Waals surface area contributed by atoms with E-state index in [-0.39, 0.29) is 12.2 Å². The van der Waals surface area contributed by atoms with Crippen LogP contribution >= 0.6 is 11.3 Å². The first-order valence-corrected chi connectivity index (χ1v) is 10.1. The largest absolute Gasteiger partial charge is 0.463 e. The number of allylic oxidation sites excluding steroid dienone is 1. The van der Waals surface area contributed by atoms with Gasteiger partial charge in [0.2, 0.25) is 0 Å². The maximum atomic E-state index is 13.3. The number of pyridine rings is 1. The maximum absolute atomic E-state index is 13.3. The van der Waals surface area contributed by atoms with Gasteiger partial charge in [0.15, 0.2) is 4.80 Å². The molecule has 1 aliphatic rings. The molecule has 29 heavy (non-hydrogen) atoms. The van der Waals surface area contributed by atoms with Crippen molar-refractivity contribution in [1.82, 2.24) is 9.55 Å². The quantitative estimate of drug-likeness (QED) is 0.624. The van der Waals surface area contributed by atoms with Crippen LogP contribution in [0.4, 0.5) is 0 Å². The van der Waals surface area contributed by atoms with Crippen LogP contribution in [0.15, 0.2) is 75.9 Å². The topological polar surface area (TPSA) is 73.6 Å². The third-order valence-corrected chi connectivity index (χ3v) is 5.60. The maximum Gasteiger partial charge on any atom is 0.338 e. The Kier molecular flexibility index (Phi) is 5.22. The molecule has 0 saturated carbocycles. The van der Waals surface area contributed by atoms with E-state index in [1.54, 1.807) is 36.9 Å². The molecule has 146 valence electrons. The van der Waals surface area contributed by atoms with E-state index in [0.29, 0.717) is 20.6 Å². The molecule has 1 atom stereocenters. The summed E-state index contributed by atoms with van der Waals surface area (Å²) in [6, 6.07) is 12.6. The highest BCUT2D eigenvalue weighted by Crippen LogP contribution is 2.30. The van der Waals surface area contributed by atoms with E-state index in [9.17, 15) is 9.59 Å². The molecule has 3 heterocycles. The van der Waals surface area contributed by atoms with Crippen molar-refractivity contribution in [3.05, 3.63) is 96.9 Å². The van der Waals surface area contributed by atoms with E-state index >= 15 is 0 Å². The van der Waals surface area contributed by atoms with Crippen LogP contribution in [-0.4, -0.2) is 22.1 Å². The van der Waals surface area contributed by atoms with E-state index in [1.807, 2.05) is 42.5 Å². The van der Waals surface area contributed by atoms with Crippen molar-refractivity contribution in [3.63, 3.8) is 0 Å². The molecule has 1 aliphatic heterocycles. The van der Waals surface area contributed by atoms with Gasteiger partial charge < -0.3 is 4.74 Å². The summed E-state index contributed by atoms with van der Waals surface area (Å²) in [6.07, 6.45) is 5.17. The van der Waals surface area contributed by atoms with Crippen molar-refractivity contribution in [1.29, 1.82) is 0 Å². The van der Waals surface area contributed by atoms with Crippen LogP contribution in [0.3, 0.4) is 0 Å². The van der Waals surface area contributed by atoms with Crippen LogP contribution in [0.1, 0.15) is 31.0 Å². The SMILES string of the molecule is CCOC(=O)C1=C(C)N=c2s/c(=C\c3cccnc3)c(=O)n2[C@H]1c1ccccc1. The van der Waals surface area contributed by atoms with Crippen LogP contribution in [-0.2, 0) is 9.53 Å². The van der Waals surface area contributed by atoms with Crippen molar-refractivity contribution < 1.29 is 9.53 Å². The van der Waals surface area contributed by atoms with Gasteiger partial charge in [-0.3, -0.25) is 14.3 Å². The van der Waals surface area contributed by atoms with E-state index in [0.717, 1.165) is 11.1 Å². The van der Waals surface area contributed by atoms with Crippen molar-refractivity contribution in [3.8, 4) is 0 Å². The third-order valence-electron chi connectivity index (χ3n) is 4.61. The van der Waals surface area contributed by atoms with E-state index in [1.165, 1.54) is 11.3 Å². The van der Waals surface area contributed by atoms with Crippen LogP contribution in [0, 0.1) is 0 Å². The highest BCUT2D eigenvalue weighted by atomic mass is 32.1. The fourth-order valence-electron chi connectivity index (χ4n) is 3.35. The Balaban J connectivity index is 1.96. The van der Waals surface area contributed by atoms with Gasteiger partial charge in [0.25, 0.3) is 5.56 Å². The van der Waals surface area contributed by atoms with Gasteiger partial charge >= 0.3 is 5.97 Å². The number of esters is 1. The predicted molar refractivity (Wildman–Crippen MR) is 111 cm³/mol. The number of aromatic nitrogens is 2. The van der Waals surface area contributed by atoms with Gasteiger partial charge in [-0.2, -0.15) is 0 Å². The van der Waals surface area contributed by atoms with Crippen molar-refractivity contribution in [2.45, 2.75) is 19.9 Å². The first-order valence-electron chi connectivity index (χ1n) is 9.24. The minimum Gasteiger partial charge on any atom is -0.463 e. The van der Waals surface area contributed by atoms with Crippen molar-refractivity contribution >= 4 is 23.4 Å². The van der Waals surface area contributed by atoms with E-state index in [2.05, 4.69) is 9.98 Å². The molecule has 7 heteroatoms. The molecular weight excluding hydrogens is 386 g/mol. The number of hydrogen-bond donors (Lipinski definition) is 0. The second-order valence-corrected chi connectivity index (χ2v) is 7.51. The third kappa shape index (κ3) is 3.56. The van der Waals surface area contributed by atoms with Crippen LogP contribution in [0.25, 0.3) is 6.08 Å². The Hall–Kier alpha value is -3.32. The molecule has 3 aromatic rings. The zero-order chi connectivity index (χ0) is 20.4. The van der Waals surface area contributed by atoms with Gasteiger partial charge in [0, 0.05) is 12.4 Å². The summed E-state index contributed by atoms with van der Waals surface area (Å²) in [6.45, 7) is 3.79. The Labute approximate surface area is 171 Å². The van der Waals surface area contributed by atoms with Crippen molar-refractivity contribution in [2.24, 2.45) is 4.99 Å². The van der Waals surface area contributed by atoms with Crippen LogP contribution in [0.5, 0.6) is 0 Å². The average Bonchev–Trinajstić information content (AvgIpc) is 3.03. The fourth-order valence-corrected chi connectivity index (χ4v) is 4.40. The van der Waals surface area contributed by atoms with E-state index < -0.39 is 12.0 Å². The first-order chi connectivity index (χ1) is 14.1. The molecule has 0 amide bonds. The number of carbonyl (C=O) groups excluding carboxylic acids is 1. The molecule has 0 saturated heterocycles. The summed E-state index contributed by atoms with van der Waals surface area (Å²) in [5.74, 6) is -0.454. The molecule has 0 N–H and O–H groups in total. The summed E-state index contributed by atoms with van der Waals surface area (Å²) >= 11 is 1.30. The molecule has 1 aromatic carbocycles. The molecule has 0 radical (unpaired) electrons. The lowest BCUT2D eigenvalue weighted by molar-refractivity contribution is -0.139. The van der Waals surface area contributed by atoms with Gasteiger partial charge in [0.05, 0.1) is 28.5 Å².